The van der Waals surface area contributed by atoms with Crippen molar-refractivity contribution < 1.29 is 19.1 Å². The smallest absolute Gasteiger partial charge is 0.335 e. The minimum Gasteiger partial charge on any atom is -0.478 e. The fourth-order valence-electron chi connectivity index (χ4n) is 2.75. The zero-order valence-corrected chi connectivity index (χ0v) is 13.5. The molecule has 0 saturated heterocycles. The van der Waals surface area contributed by atoms with E-state index in [9.17, 15) is 14.0 Å². The molecule has 122 valence electrons. The van der Waals surface area contributed by atoms with Crippen LogP contribution in [0.1, 0.15) is 52.0 Å². The van der Waals surface area contributed by atoms with E-state index in [2.05, 4.69) is 5.32 Å². The summed E-state index contributed by atoms with van der Waals surface area (Å²) < 4.78 is 15.8. The normalized spacial score (nSPS) is 10.9. The van der Waals surface area contributed by atoms with Gasteiger partial charge >= 0.3 is 5.97 Å². The molecule has 0 spiro atoms. The van der Waals surface area contributed by atoms with Crippen molar-refractivity contribution in [1.82, 2.24) is 4.57 Å². The molecule has 0 saturated carbocycles. The molecule has 0 radical (unpaired) electrons. The second-order valence-electron chi connectivity index (χ2n) is 5.70. The topological polar surface area (TPSA) is 71.3 Å². The average molecular weight is 318 g/mol. The summed E-state index contributed by atoms with van der Waals surface area (Å²) in [5.74, 6) is -2.33. The summed E-state index contributed by atoms with van der Waals surface area (Å²) in [6.45, 7) is 7.75. The van der Waals surface area contributed by atoms with Crippen LogP contribution in [0.2, 0.25) is 0 Å². The first-order chi connectivity index (χ1) is 10.7. The fraction of sp³-hybridized carbons (Fsp3) is 0.294. The molecule has 0 fully saturated rings. The van der Waals surface area contributed by atoms with Gasteiger partial charge in [0.25, 0.3) is 5.91 Å². The molecule has 1 aromatic heterocycles. The molecule has 5 nitrogen and oxygen atoms in total. The third-order valence-electron chi connectivity index (χ3n) is 3.71. The van der Waals surface area contributed by atoms with Crippen LogP contribution < -0.4 is 5.32 Å². The van der Waals surface area contributed by atoms with Gasteiger partial charge in [-0.1, -0.05) is 0 Å². The van der Waals surface area contributed by atoms with Crippen LogP contribution in [-0.4, -0.2) is 21.6 Å². The van der Waals surface area contributed by atoms with E-state index in [1.807, 2.05) is 32.3 Å². The Morgan fingerprint density at radius 1 is 1.22 bits per heavy atom. The molecule has 1 aromatic carbocycles. The predicted octanol–water partition coefficient (Wildman–Crippen LogP) is 3.78. The second-order valence-corrected chi connectivity index (χ2v) is 5.70. The van der Waals surface area contributed by atoms with E-state index in [1.165, 1.54) is 0 Å². The summed E-state index contributed by atoms with van der Waals surface area (Å²) in [6.07, 6.45) is 0. The van der Waals surface area contributed by atoms with E-state index < -0.39 is 17.7 Å². The van der Waals surface area contributed by atoms with Crippen LogP contribution in [0.4, 0.5) is 10.1 Å². The van der Waals surface area contributed by atoms with Gasteiger partial charge in [0.2, 0.25) is 0 Å². The molecule has 0 unspecified atom stereocenters. The molecule has 2 aromatic rings. The molecule has 0 aliphatic rings. The lowest BCUT2D eigenvalue weighted by atomic mass is 10.1. The second kappa shape index (κ2) is 6.24. The Bertz CT molecular complexity index is 778. The van der Waals surface area contributed by atoms with Gasteiger partial charge in [0.1, 0.15) is 5.82 Å². The number of amides is 1. The van der Waals surface area contributed by atoms with E-state index in [-0.39, 0.29) is 17.3 Å². The number of nitrogens with one attached hydrogen (secondary N) is 1. The standard InChI is InChI=1S/C17H19FN2O3/c1-9(2)20-10(3)7-13(11(20)4)16(21)19-15-8-12(17(22)23)5-6-14(15)18/h5-9H,1-4H3,(H,19,21)(H,22,23). The van der Waals surface area contributed by atoms with Crippen LogP contribution in [0.5, 0.6) is 0 Å². The summed E-state index contributed by atoms with van der Waals surface area (Å²) in [5.41, 5.74) is 1.92. The molecule has 23 heavy (non-hydrogen) atoms. The summed E-state index contributed by atoms with van der Waals surface area (Å²) in [6, 6.07) is 5.22. The number of benzene rings is 1. The van der Waals surface area contributed by atoms with Gasteiger partial charge in [0, 0.05) is 17.4 Å². The molecule has 0 atom stereocenters. The maximum Gasteiger partial charge on any atom is 0.335 e. The number of carbonyl (C=O) groups excluding carboxylic acids is 1. The zero-order chi connectivity index (χ0) is 17.3. The van der Waals surface area contributed by atoms with Crippen molar-refractivity contribution in [3.63, 3.8) is 0 Å². The number of carbonyl (C=O) groups is 2. The zero-order valence-electron chi connectivity index (χ0n) is 13.5. The predicted molar refractivity (Wildman–Crippen MR) is 85.6 cm³/mol. The van der Waals surface area contributed by atoms with Crippen molar-refractivity contribution in [3.8, 4) is 0 Å². The number of hydrogen-bond donors (Lipinski definition) is 2. The van der Waals surface area contributed by atoms with Gasteiger partial charge in [-0.25, -0.2) is 9.18 Å². The molecular weight excluding hydrogens is 299 g/mol. The first-order valence-corrected chi connectivity index (χ1v) is 7.25. The van der Waals surface area contributed by atoms with Gasteiger partial charge in [-0.3, -0.25) is 4.79 Å². The van der Waals surface area contributed by atoms with Crippen molar-refractivity contribution in [3.05, 3.63) is 52.6 Å². The fourth-order valence-corrected chi connectivity index (χ4v) is 2.75. The number of nitrogens with zero attached hydrogens (tertiary/aromatic N) is 1. The highest BCUT2D eigenvalue weighted by atomic mass is 19.1. The molecule has 2 rings (SSSR count). The van der Waals surface area contributed by atoms with Crippen molar-refractivity contribution in [2.24, 2.45) is 0 Å². The van der Waals surface area contributed by atoms with Crippen LogP contribution >= 0.6 is 0 Å². The Labute approximate surface area is 133 Å². The molecule has 6 heteroatoms. The van der Waals surface area contributed by atoms with Crippen LogP contribution in [-0.2, 0) is 0 Å². The van der Waals surface area contributed by atoms with E-state index in [0.717, 1.165) is 29.6 Å². The summed E-state index contributed by atoms with van der Waals surface area (Å²) >= 11 is 0. The minimum atomic E-state index is -1.18. The summed E-state index contributed by atoms with van der Waals surface area (Å²) in [7, 11) is 0. The van der Waals surface area contributed by atoms with E-state index in [1.54, 1.807) is 6.07 Å². The Morgan fingerprint density at radius 2 is 1.87 bits per heavy atom. The number of halogens is 1. The lowest BCUT2D eigenvalue weighted by molar-refractivity contribution is 0.0696. The van der Waals surface area contributed by atoms with E-state index in [4.69, 9.17) is 5.11 Å². The first kappa shape index (κ1) is 16.7. The molecule has 1 heterocycles. The lowest BCUT2D eigenvalue weighted by Gasteiger charge is -2.13. The van der Waals surface area contributed by atoms with Gasteiger partial charge in [0.15, 0.2) is 0 Å². The number of carboxylic acids is 1. The first-order valence-electron chi connectivity index (χ1n) is 7.25. The number of rotatable bonds is 4. The van der Waals surface area contributed by atoms with Crippen LogP contribution in [0.3, 0.4) is 0 Å². The number of aromatic carboxylic acids is 1. The van der Waals surface area contributed by atoms with Gasteiger partial charge < -0.3 is 15.0 Å². The van der Waals surface area contributed by atoms with Crippen molar-refractivity contribution in [2.45, 2.75) is 33.7 Å². The number of aromatic nitrogens is 1. The largest absolute Gasteiger partial charge is 0.478 e. The van der Waals surface area contributed by atoms with Crippen molar-refractivity contribution in [1.29, 1.82) is 0 Å². The highest BCUT2D eigenvalue weighted by Gasteiger charge is 2.19. The van der Waals surface area contributed by atoms with Crippen LogP contribution in [0.15, 0.2) is 24.3 Å². The van der Waals surface area contributed by atoms with Crippen molar-refractivity contribution in [2.75, 3.05) is 5.32 Å². The Balaban J connectivity index is 2.35. The monoisotopic (exact) mass is 318 g/mol. The molecular formula is C17H19FN2O3. The van der Waals surface area contributed by atoms with Gasteiger partial charge in [-0.15, -0.1) is 0 Å². The van der Waals surface area contributed by atoms with Crippen molar-refractivity contribution >= 4 is 17.6 Å². The molecule has 1 amide bonds. The lowest BCUT2D eigenvalue weighted by Crippen LogP contribution is -2.15. The van der Waals surface area contributed by atoms with Crippen LogP contribution in [0, 0.1) is 19.7 Å². The SMILES string of the molecule is Cc1cc(C(=O)Nc2cc(C(=O)O)ccc2F)c(C)n1C(C)C. The Hall–Kier alpha value is -2.63. The average Bonchev–Trinajstić information content (AvgIpc) is 2.76. The number of hydrogen-bond acceptors (Lipinski definition) is 2. The Morgan fingerprint density at radius 3 is 2.39 bits per heavy atom. The maximum atomic E-state index is 13.8. The number of aryl methyl sites for hydroxylation is 1. The maximum absolute atomic E-state index is 13.8. The van der Waals surface area contributed by atoms with Crippen LogP contribution in [0.25, 0.3) is 0 Å². The minimum absolute atomic E-state index is 0.0886. The highest BCUT2D eigenvalue weighted by molar-refractivity contribution is 6.05. The molecule has 2 N–H and O–H groups in total. The summed E-state index contributed by atoms with van der Waals surface area (Å²) in [5, 5.41) is 11.4. The molecule has 0 bridgehead atoms. The van der Waals surface area contributed by atoms with Gasteiger partial charge in [0.05, 0.1) is 16.8 Å². The number of anilines is 1. The third kappa shape index (κ3) is 3.26. The quantitative estimate of drug-likeness (QED) is 0.901. The molecule has 0 aliphatic heterocycles. The molecule has 0 aliphatic carbocycles. The van der Waals surface area contributed by atoms with Gasteiger partial charge in [-0.05, 0) is 52.0 Å². The summed E-state index contributed by atoms with van der Waals surface area (Å²) in [4.78, 5) is 23.4. The van der Waals surface area contributed by atoms with E-state index in [0.29, 0.717) is 5.56 Å². The Kier molecular flexibility index (Phi) is 4.54. The van der Waals surface area contributed by atoms with E-state index >= 15 is 0 Å². The highest BCUT2D eigenvalue weighted by Crippen LogP contribution is 2.22. The third-order valence-corrected chi connectivity index (χ3v) is 3.71. The number of carboxylic acid groups (broad SMARTS) is 1. The van der Waals surface area contributed by atoms with Gasteiger partial charge in [-0.2, -0.15) is 0 Å².